The van der Waals surface area contributed by atoms with E-state index in [1.54, 1.807) is 36.4 Å². The van der Waals surface area contributed by atoms with E-state index in [9.17, 15) is 21.6 Å². The van der Waals surface area contributed by atoms with Crippen molar-refractivity contribution in [3.05, 3.63) is 79.0 Å². The minimum Gasteiger partial charge on any atom is -0.350 e. The number of nitrogens with zero attached hydrogens (tertiary/aromatic N) is 2. The van der Waals surface area contributed by atoms with Crippen molar-refractivity contribution in [3.8, 4) is 0 Å². The average molecular weight is 557 g/mol. The van der Waals surface area contributed by atoms with E-state index in [1.807, 2.05) is 20.8 Å². The van der Waals surface area contributed by atoms with E-state index in [0.717, 1.165) is 9.87 Å². The Kier molecular flexibility index (Phi) is 7.50. The summed E-state index contributed by atoms with van der Waals surface area (Å²) in [5, 5.41) is 6.07. The largest absolute Gasteiger partial charge is 0.350 e. The minimum absolute atomic E-state index is 0.0389. The van der Waals surface area contributed by atoms with Gasteiger partial charge in [-0.3, -0.25) is 9.78 Å². The maximum atomic E-state index is 14.4. The molecule has 0 spiro atoms. The Morgan fingerprint density at radius 1 is 1.11 bits per heavy atom. The van der Waals surface area contributed by atoms with E-state index in [4.69, 9.17) is 0 Å². The van der Waals surface area contributed by atoms with Crippen LogP contribution in [0.5, 0.6) is 0 Å². The van der Waals surface area contributed by atoms with Crippen LogP contribution in [-0.2, 0) is 30.1 Å². The Balaban J connectivity index is 1.95. The van der Waals surface area contributed by atoms with Crippen LogP contribution in [0.2, 0.25) is 0 Å². The maximum absolute atomic E-state index is 14.4. The molecule has 1 aliphatic rings. The lowest BCUT2D eigenvalue weighted by atomic mass is 9.87. The molecule has 1 unspecified atom stereocenters. The third-order valence-corrected chi connectivity index (χ3v) is 11.1. The monoisotopic (exact) mass is 556 g/mol. The molecular formula is C27H32N4O5S2. The normalized spacial score (nSPS) is 19.2. The Morgan fingerprint density at radius 2 is 1.79 bits per heavy atom. The highest BCUT2D eigenvalue weighted by Crippen LogP contribution is 2.37. The molecule has 0 aliphatic carbocycles. The fraction of sp³-hybridized carbons (Fsp3) is 0.333. The summed E-state index contributed by atoms with van der Waals surface area (Å²) in [6.45, 7) is 9.02. The number of nitrogens with one attached hydrogen (secondary N) is 2. The molecule has 1 aromatic heterocycles. The molecule has 38 heavy (non-hydrogen) atoms. The molecule has 4 rings (SSSR count). The highest BCUT2D eigenvalue weighted by molar-refractivity contribution is 7.95. The van der Waals surface area contributed by atoms with Crippen molar-refractivity contribution >= 4 is 36.7 Å². The Hall–Kier alpha value is -3.12. The van der Waals surface area contributed by atoms with Crippen LogP contribution < -0.4 is 10.6 Å². The SMILES string of the molecule is C=CCNC(=O)C1(S(=O)(=O)c2ccc(C(C)(C)C)cc2)CNCCN1S(=O)(=O)c1cccc2cccnc12. The van der Waals surface area contributed by atoms with Crippen LogP contribution in [0.15, 0.2) is 83.2 Å². The third kappa shape index (κ3) is 4.64. The van der Waals surface area contributed by atoms with E-state index in [2.05, 4.69) is 22.2 Å². The first kappa shape index (κ1) is 27.9. The van der Waals surface area contributed by atoms with Crippen LogP contribution >= 0.6 is 0 Å². The van der Waals surface area contributed by atoms with Gasteiger partial charge in [-0.05, 0) is 35.2 Å². The second-order valence-corrected chi connectivity index (χ2v) is 14.1. The number of fused-ring (bicyclic) bond motifs is 1. The van der Waals surface area contributed by atoms with Crippen LogP contribution in [0.3, 0.4) is 0 Å². The summed E-state index contributed by atoms with van der Waals surface area (Å²) >= 11 is 0. The van der Waals surface area contributed by atoms with Gasteiger partial charge in [0.2, 0.25) is 24.7 Å². The molecule has 2 N–H and O–H groups in total. The van der Waals surface area contributed by atoms with Gasteiger partial charge < -0.3 is 10.6 Å². The lowest BCUT2D eigenvalue weighted by molar-refractivity contribution is -0.126. The second-order valence-electron chi connectivity index (χ2n) is 10.1. The van der Waals surface area contributed by atoms with Crippen molar-refractivity contribution in [2.45, 2.75) is 40.8 Å². The van der Waals surface area contributed by atoms with Gasteiger partial charge in [0, 0.05) is 37.8 Å². The molecule has 1 fully saturated rings. The van der Waals surface area contributed by atoms with Crippen LogP contribution in [0, 0.1) is 0 Å². The number of benzene rings is 2. The molecule has 3 aromatic rings. The lowest BCUT2D eigenvalue weighted by Gasteiger charge is -2.43. The minimum atomic E-state index is -4.59. The summed E-state index contributed by atoms with van der Waals surface area (Å²) < 4.78 is 58.1. The molecule has 2 aromatic carbocycles. The number of carbonyl (C=O) groups is 1. The molecular weight excluding hydrogens is 524 g/mol. The van der Waals surface area contributed by atoms with Crippen molar-refractivity contribution < 1.29 is 21.6 Å². The molecule has 1 atom stereocenters. The first-order valence-corrected chi connectivity index (χ1v) is 15.1. The number of carbonyl (C=O) groups excluding carboxylic acids is 1. The van der Waals surface area contributed by atoms with E-state index < -0.39 is 37.2 Å². The average Bonchev–Trinajstić information content (AvgIpc) is 2.90. The van der Waals surface area contributed by atoms with Crippen molar-refractivity contribution in [2.75, 3.05) is 26.2 Å². The first-order chi connectivity index (χ1) is 17.9. The summed E-state index contributed by atoms with van der Waals surface area (Å²) in [6.07, 6.45) is 2.87. The highest BCUT2D eigenvalue weighted by atomic mass is 32.2. The Labute approximate surface area is 223 Å². The molecule has 0 radical (unpaired) electrons. The van der Waals surface area contributed by atoms with Gasteiger partial charge in [0.15, 0.2) is 0 Å². The fourth-order valence-corrected chi connectivity index (χ4v) is 8.81. The summed E-state index contributed by atoms with van der Waals surface area (Å²) in [5.74, 6) is -0.957. The molecule has 1 amide bonds. The number of pyridine rings is 1. The van der Waals surface area contributed by atoms with Gasteiger partial charge in [0.1, 0.15) is 4.90 Å². The molecule has 11 heteroatoms. The predicted molar refractivity (Wildman–Crippen MR) is 147 cm³/mol. The second kappa shape index (κ2) is 10.2. The third-order valence-electron chi connectivity index (χ3n) is 6.66. The van der Waals surface area contributed by atoms with Crippen molar-refractivity contribution in [1.29, 1.82) is 0 Å². The van der Waals surface area contributed by atoms with Crippen LogP contribution in [0.1, 0.15) is 26.3 Å². The zero-order chi connectivity index (χ0) is 27.8. The molecule has 0 bridgehead atoms. The number of hydrogen-bond acceptors (Lipinski definition) is 7. The zero-order valence-corrected chi connectivity index (χ0v) is 23.3. The highest BCUT2D eigenvalue weighted by Gasteiger charge is 2.61. The van der Waals surface area contributed by atoms with Gasteiger partial charge in [-0.1, -0.05) is 57.2 Å². The molecule has 9 nitrogen and oxygen atoms in total. The van der Waals surface area contributed by atoms with Gasteiger partial charge in [-0.15, -0.1) is 6.58 Å². The van der Waals surface area contributed by atoms with Gasteiger partial charge >= 0.3 is 0 Å². The molecule has 1 saturated heterocycles. The summed E-state index contributed by atoms with van der Waals surface area (Å²) in [4.78, 5) is 15.2. The van der Waals surface area contributed by atoms with Crippen molar-refractivity contribution in [1.82, 2.24) is 19.9 Å². The number of hydrogen-bond donors (Lipinski definition) is 2. The number of piperazine rings is 1. The first-order valence-electron chi connectivity index (χ1n) is 12.2. The Bertz CT molecular complexity index is 1570. The van der Waals surface area contributed by atoms with E-state index >= 15 is 0 Å². The van der Waals surface area contributed by atoms with Crippen molar-refractivity contribution in [3.63, 3.8) is 0 Å². The van der Waals surface area contributed by atoms with E-state index in [1.165, 1.54) is 30.5 Å². The smallest absolute Gasteiger partial charge is 0.259 e. The topological polar surface area (TPSA) is 126 Å². The fourth-order valence-electron chi connectivity index (χ4n) is 4.60. The number of rotatable bonds is 7. The summed E-state index contributed by atoms with van der Waals surface area (Å²) in [7, 11) is -9.12. The number of amides is 1. The molecule has 1 aliphatic heterocycles. The van der Waals surface area contributed by atoms with E-state index in [-0.39, 0.29) is 40.4 Å². The lowest BCUT2D eigenvalue weighted by Crippen LogP contribution is -2.72. The molecule has 2 heterocycles. The number of sulfonamides is 1. The zero-order valence-electron chi connectivity index (χ0n) is 21.6. The van der Waals surface area contributed by atoms with E-state index in [0.29, 0.717) is 5.39 Å². The quantitative estimate of drug-likeness (QED) is 0.429. The summed E-state index contributed by atoms with van der Waals surface area (Å²) in [6, 6.07) is 14.3. The van der Waals surface area contributed by atoms with Gasteiger partial charge in [-0.2, -0.15) is 4.31 Å². The number of aromatic nitrogens is 1. The molecule has 202 valence electrons. The number of sulfone groups is 1. The maximum Gasteiger partial charge on any atom is 0.259 e. The van der Waals surface area contributed by atoms with Gasteiger partial charge in [-0.25, -0.2) is 16.8 Å². The van der Waals surface area contributed by atoms with Crippen LogP contribution in [-0.4, -0.2) is 63.1 Å². The van der Waals surface area contributed by atoms with Gasteiger partial charge in [0.25, 0.3) is 5.91 Å². The van der Waals surface area contributed by atoms with Crippen LogP contribution in [0.4, 0.5) is 0 Å². The predicted octanol–water partition coefficient (Wildman–Crippen LogP) is 2.60. The van der Waals surface area contributed by atoms with Crippen LogP contribution in [0.25, 0.3) is 10.9 Å². The number of para-hydroxylation sites is 1. The van der Waals surface area contributed by atoms with Gasteiger partial charge in [0.05, 0.1) is 10.4 Å². The summed E-state index contributed by atoms with van der Waals surface area (Å²) in [5.41, 5.74) is 0.861. The Morgan fingerprint density at radius 3 is 2.45 bits per heavy atom. The molecule has 0 saturated carbocycles. The standard InChI is InChI=1S/C27H32N4O5S2/c1-5-15-30-25(32)27(37(33,34)22-13-11-21(12-14-22)26(2,3)4)19-28-17-18-31(27)38(35,36)23-10-6-8-20-9-7-16-29-24(20)23/h5-14,16,28H,1,15,17-19H2,2-4H3,(H,30,32). The van der Waals surface area contributed by atoms with Crippen molar-refractivity contribution in [2.24, 2.45) is 0 Å².